The quantitative estimate of drug-likeness (QED) is 0.343. The Bertz CT molecular complexity index is 1300. The number of aryl methyl sites for hydroxylation is 1. The minimum absolute atomic E-state index is 0.0859. The minimum Gasteiger partial charge on any atom is -0.272 e. The maximum Gasteiger partial charge on any atom is 0.290 e. The number of carbonyl (C=O) groups is 2. The summed E-state index contributed by atoms with van der Waals surface area (Å²) < 4.78 is 3.11. The van der Waals surface area contributed by atoms with E-state index in [4.69, 9.17) is 0 Å². The zero-order valence-corrected chi connectivity index (χ0v) is 18.3. The van der Waals surface area contributed by atoms with Crippen LogP contribution in [0.4, 0.5) is 0 Å². The van der Waals surface area contributed by atoms with Gasteiger partial charge in [0.15, 0.2) is 10.0 Å². The van der Waals surface area contributed by atoms with Gasteiger partial charge in [0.1, 0.15) is 0 Å². The Kier molecular flexibility index (Phi) is 6.28. The molecule has 2 aromatic carbocycles. The number of rotatable bonds is 6. The van der Waals surface area contributed by atoms with Crippen molar-refractivity contribution >= 4 is 55.9 Å². The van der Waals surface area contributed by atoms with Crippen LogP contribution in [0.5, 0.6) is 0 Å². The summed E-state index contributed by atoms with van der Waals surface area (Å²) >= 11 is 2.81. The Labute approximate surface area is 185 Å². The van der Waals surface area contributed by atoms with Crippen LogP contribution < -0.4 is 16.4 Å². The van der Waals surface area contributed by atoms with Gasteiger partial charge >= 0.3 is 0 Å². The molecule has 2 N–H and O–H groups in total. The molecule has 0 saturated heterocycles. The lowest BCUT2D eigenvalue weighted by atomic mass is 10.1. The topological polar surface area (TPSA) is 106 Å². The number of carbonyl (C=O) groups excluding carboxylic acids is 2. The number of hydrazine groups is 1. The lowest BCUT2D eigenvalue weighted by molar-refractivity contribution is -0.119. The molecule has 8 nitrogen and oxygen atoms in total. The largest absolute Gasteiger partial charge is 0.290 e. The highest BCUT2D eigenvalue weighted by Gasteiger charge is 2.17. The second-order valence-corrected chi connectivity index (χ2v) is 8.91. The highest BCUT2D eigenvalue weighted by atomic mass is 32.2. The first-order valence-corrected chi connectivity index (χ1v) is 11.4. The summed E-state index contributed by atoms with van der Waals surface area (Å²) in [7, 11) is 0. The molecular weight excluding hydrogens is 434 g/mol. The average Bonchev–Trinajstić information content (AvgIpc) is 3.21. The van der Waals surface area contributed by atoms with E-state index in [1.807, 2.05) is 31.2 Å². The molecule has 0 fully saturated rings. The number of nitrogens with one attached hydrogen (secondary N) is 2. The zero-order valence-electron chi connectivity index (χ0n) is 16.6. The number of benzene rings is 2. The molecule has 0 unspecified atom stereocenters. The van der Waals surface area contributed by atoms with Gasteiger partial charge in [-0.25, -0.2) is 9.67 Å². The second-order valence-electron chi connectivity index (χ2n) is 6.66. The van der Waals surface area contributed by atoms with Crippen molar-refractivity contribution in [3.05, 3.63) is 64.6 Å². The molecule has 10 heteroatoms. The Morgan fingerprint density at radius 3 is 2.58 bits per heavy atom. The van der Waals surface area contributed by atoms with Gasteiger partial charge in [0, 0.05) is 11.9 Å². The maximum absolute atomic E-state index is 12.7. The molecule has 0 aliphatic carbocycles. The Morgan fingerprint density at radius 2 is 1.81 bits per heavy atom. The third-order valence-electron chi connectivity index (χ3n) is 4.43. The van der Waals surface area contributed by atoms with Crippen LogP contribution in [0.3, 0.4) is 0 Å². The predicted octanol–water partition coefficient (Wildman–Crippen LogP) is 2.97. The zero-order chi connectivity index (χ0) is 21.8. The number of nitrogens with zero attached hydrogens (tertiary/aromatic N) is 3. The standard InChI is InChI=1S/C21H19N5O3S2/c1-2-11-26-20(29)14-8-4-3-7-13(14)18(25-26)19(28)24-23-17(27)12-30-21-22-15-9-5-6-10-16(15)31-21/h3-10H,2,11-12H2,1H3,(H,23,27)(H,24,28). The lowest BCUT2D eigenvalue weighted by Crippen LogP contribution is -2.43. The maximum atomic E-state index is 12.7. The molecule has 0 aliphatic heterocycles. The molecule has 4 rings (SSSR count). The molecule has 31 heavy (non-hydrogen) atoms. The summed E-state index contributed by atoms with van der Waals surface area (Å²) in [5.74, 6) is -0.855. The van der Waals surface area contributed by atoms with E-state index >= 15 is 0 Å². The van der Waals surface area contributed by atoms with E-state index in [-0.39, 0.29) is 22.9 Å². The molecule has 0 radical (unpaired) electrons. The number of amides is 2. The van der Waals surface area contributed by atoms with Gasteiger partial charge in [-0.2, -0.15) is 5.10 Å². The Balaban J connectivity index is 1.43. The Hall–Kier alpha value is -3.24. The monoisotopic (exact) mass is 453 g/mol. The Morgan fingerprint density at radius 1 is 1.06 bits per heavy atom. The number of aromatic nitrogens is 3. The summed E-state index contributed by atoms with van der Waals surface area (Å²) in [6, 6.07) is 14.6. The molecule has 158 valence electrons. The highest BCUT2D eigenvalue weighted by molar-refractivity contribution is 8.01. The van der Waals surface area contributed by atoms with Crippen molar-refractivity contribution in [2.24, 2.45) is 0 Å². The van der Waals surface area contributed by atoms with Crippen LogP contribution in [0, 0.1) is 0 Å². The molecule has 0 spiro atoms. The normalized spacial score (nSPS) is 11.0. The van der Waals surface area contributed by atoms with E-state index in [1.54, 1.807) is 24.3 Å². The first-order valence-electron chi connectivity index (χ1n) is 9.64. The lowest BCUT2D eigenvalue weighted by Gasteiger charge is -2.11. The van der Waals surface area contributed by atoms with Crippen molar-refractivity contribution < 1.29 is 9.59 Å². The molecular formula is C21H19N5O3S2. The first kappa shape index (κ1) is 21.0. The van der Waals surface area contributed by atoms with Gasteiger partial charge in [0.2, 0.25) is 5.91 Å². The van der Waals surface area contributed by atoms with Gasteiger partial charge in [0.05, 0.1) is 21.4 Å². The molecule has 0 aliphatic rings. The van der Waals surface area contributed by atoms with Crippen molar-refractivity contribution in [2.75, 3.05) is 5.75 Å². The van der Waals surface area contributed by atoms with Crippen LogP contribution in [0.25, 0.3) is 21.0 Å². The van der Waals surface area contributed by atoms with Crippen LogP contribution in [-0.4, -0.2) is 32.3 Å². The summed E-state index contributed by atoms with van der Waals surface area (Å²) in [5, 5.41) is 5.06. The average molecular weight is 454 g/mol. The van der Waals surface area contributed by atoms with E-state index in [0.29, 0.717) is 23.7 Å². The van der Waals surface area contributed by atoms with Crippen LogP contribution in [0.15, 0.2) is 57.7 Å². The number of hydrogen-bond donors (Lipinski definition) is 2. The van der Waals surface area contributed by atoms with Crippen LogP contribution in [0.1, 0.15) is 23.8 Å². The molecule has 2 aromatic heterocycles. The second kappa shape index (κ2) is 9.27. The van der Waals surface area contributed by atoms with Crippen molar-refractivity contribution in [1.29, 1.82) is 0 Å². The fraction of sp³-hybridized carbons (Fsp3) is 0.190. The fourth-order valence-corrected chi connectivity index (χ4v) is 4.90. The van der Waals surface area contributed by atoms with E-state index < -0.39 is 5.91 Å². The summed E-state index contributed by atoms with van der Waals surface area (Å²) in [5.41, 5.74) is 5.53. The van der Waals surface area contributed by atoms with Crippen LogP contribution >= 0.6 is 23.1 Å². The molecule has 0 saturated carbocycles. The molecule has 4 aromatic rings. The van der Waals surface area contributed by atoms with E-state index in [2.05, 4.69) is 20.9 Å². The number of thiazole rings is 1. The van der Waals surface area contributed by atoms with Crippen molar-refractivity contribution in [1.82, 2.24) is 25.6 Å². The molecule has 2 amide bonds. The van der Waals surface area contributed by atoms with Gasteiger partial charge in [-0.15, -0.1) is 11.3 Å². The summed E-state index contributed by atoms with van der Waals surface area (Å²) in [4.78, 5) is 41.9. The predicted molar refractivity (Wildman–Crippen MR) is 122 cm³/mol. The fourth-order valence-electron chi connectivity index (χ4n) is 3.03. The highest BCUT2D eigenvalue weighted by Crippen LogP contribution is 2.28. The molecule has 2 heterocycles. The minimum atomic E-state index is -0.584. The van der Waals surface area contributed by atoms with E-state index in [9.17, 15) is 14.4 Å². The van der Waals surface area contributed by atoms with Crippen LogP contribution in [-0.2, 0) is 11.3 Å². The van der Waals surface area contributed by atoms with Gasteiger partial charge in [-0.1, -0.05) is 49.0 Å². The summed E-state index contributed by atoms with van der Waals surface area (Å²) in [6.45, 7) is 2.32. The first-order chi connectivity index (χ1) is 15.1. The van der Waals surface area contributed by atoms with Gasteiger partial charge in [-0.05, 0) is 24.6 Å². The molecule has 0 bridgehead atoms. The smallest absolute Gasteiger partial charge is 0.272 e. The van der Waals surface area contributed by atoms with E-state index in [0.717, 1.165) is 14.6 Å². The van der Waals surface area contributed by atoms with Crippen LogP contribution in [0.2, 0.25) is 0 Å². The SMILES string of the molecule is CCCn1nc(C(=O)NNC(=O)CSc2nc3ccccc3s2)c2ccccc2c1=O. The van der Waals surface area contributed by atoms with Crippen molar-refractivity contribution in [2.45, 2.75) is 24.2 Å². The number of thioether (sulfide) groups is 1. The van der Waals surface area contributed by atoms with Gasteiger partial charge in [0.25, 0.3) is 11.5 Å². The van der Waals surface area contributed by atoms with E-state index in [1.165, 1.54) is 27.8 Å². The van der Waals surface area contributed by atoms with Crippen molar-refractivity contribution in [3.63, 3.8) is 0 Å². The number of fused-ring (bicyclic) bond motifs is 2. The number of para-hydroxylation sites is 1. The number of hydrogen-bond acceptors (Lipinski definition) is 7. The van der Waals surface area contributed by atoms with Gasteiger partial charge < -0.3 is 0 Å². The third kappa shape index (κ3) is 4.59. The molecule has 0 atom stereocenters. The van der Waals surface area contributed by atoms with Crippen molar-refractivity contribution in [3.8, 4) is 0 Å². The summed E-state index contributed by atoms with van der Waals surface area (Å²) in [6.07, 6.45) is 0.700. The third-order valence-corrected chi connectivity index (χ3v) is 6.61. The van der Waals surface area contributed by atoms with Gasteiger partial charge in [-0.3, -0.25) is 25.2 Å².